The minimum absolute atomic E-state index is 0.115. The van der Waals surface area contributed by atoms with Crippen molar-refractivity contribution in [3.63, 3.8) is 0 Å². The molecule has 0 heterocycles. The molecule has 77 heavy (non-hydrogen) atoms. The van der Waals surface area contributed by atoms with Crippen molar-refractivity contribution >= 4 is 35.6 Å². The Morgan fingerprint density at radius 3 is 1.05 bits per heavy atom. The number of esters is 4. The Labute approximate surface area is 452 Å². The van der Waals surface area contributed by atoms with Crippen LogP contribution >= 0.6 is 11.8 Å². The fourth-order valence-corrected chi connectivity index (χ4v) is 10.2. The van der Waals surface area contributed by atoms with E-state index in [9.17, 15) is 19.2 Å². The number of methoxy groups -OCH3 is 4. The summed E-state index contributed by atoms with van der Waals surface area (Å²) in [5, 5.41) is 0. The van der Waals surface area contributed by atoms with Crippen molar-refractivity contribution in [2.24, 2.45) is 0 Å². The molecular weight excluding hydrogens is 993 g/mol. The van der Waals surface area contributed by atoms with Crippen molar-refractivity contribution in [1.82, 2.24) is 0 Å². The molecule has 0 spiro atoms. The topological polar surface area (TPSA) is 142 Å². The molecule has 0 saturated carbocycles. The molecule has 0 aromatic heterocycles. The lowest BCUT2D eigenvalue weighted by Gasteiger charge is -2.24. The van der Waals surface area contributed by atoms with Gasteiger partial charge in [0.25, 0.3) is 0 Å². The molecule has 0 aliphatic rings. The van der Waals surface area contributed by atoms with Gasteiger partial charge in [-0.15, -0.1) is 0 Å². The van der Waals surface area contributed by atoms with Crippen LogP contribution in [0.25, 0.3) is 0 Å². The zero-order chi connectivity index (χ0) is 54.9. The first-order valence-corrected chi connectivity index (χ1v) is 25.5. The van der Waals surface area contributed by atoms with E-state index in [4.69, 9.17) is 37.9 Å². The molecule has 8 aromatic carbocycles. The van der Waals surface area contributed by atoms with Crippen molar-refractivity contribution in [3.05, 3.63) is 236 Å². The highest BCUT2D eigenvalue weighted by Crippen LogP contribution is 2.44. The van der Waals surface area contributed by atoms with E-state index in [1.165, 1.54) is 40.2 Å². The molecule has 8 aromatic rings. The molecule has 13 heteroatoms. The van der Waals surface area contributed by atoms with Gasteiger partial charge in [-0.1, -0.05) is 133 Å². The molecule has 0 unspecified atom stereocenters. The molecule has 0 saturated heterocycles. The molecule has 0 radical (unpaired) electrons. The molecule has 0 bridgehead atoms. The third kappa shape index (κ3) is 11.6. The third-order valence-electron chi connectivity index (χ3n) is 13.5. The summed E-state index contributed by atoms with van der Waals surface area (Å²) in [6, 6.07) is 48.3. The maximum atomic E-state index is 14.5. The summed E-state index contributed by atoms with van der Waals surface area (Å²) >= 11 is 1.31. The van der Waals surface area contributed by atoms with E-state index in [0.29, 0.717) is 48.9 Å². The summed E-state index contributed by atoms with van der Waals surface area (Å²) < 4.78 is 47.9. The van der Waals surface area contributed by atoms with Gasteiger partial charge in [0.15, 0.2) is 12.2 Å². The Kier molecular flexibility index (Phi) is 17.1. The van der Waals surface area contributed by atoms with Gasteiger partial charge in [-0.2, -0.15) is 0 Å². The number of ether oxygens (including phenoxy) is 8. The standard InChI is InChI=1S/C64H58O12S/c1-37-39(3)55(41(5)57(71-9)53(37)63(67)74-56-40(4)38(2)54(58(72-10)42(56)6)64(68)76-60(45-27-19-13-20-28-45)46-29-21-14-22-30-46)73-61(65)49-35-47(31-33-51(49)69-7)77-48-32-34-52(70-8)50(36-48)62(66)75-59(43-23-15-11-16-24-43)44-25-17-12-18-26-44/h11-36,59-60H,1-10H3. The predicted octanol–water partition coefficient (Wildman–Crippen LogP) is 14.1. The molecule has 0 aliphatic carbocycles. The molecule has 0 atom stereocenters. The Morgan fingerprint density at radius 1 is 0.351 bits per heavy atom. The predicted molar refractivity (Wildman–Crippen MR) is 295 cm³/mol. The van der Waals surface area contributed by atoms with Crippen molar-refractivity contribution in [2.45, 2.75) is 63.5 Å². The first-order chi connectivity index (χ1) is 37.2. The first-order valence-electron chi connectivity index (χ1n) is 24.6. The van der Waals surface area contributed by atoms with Crippen LogP contribution in [-0.4, -0.2) is 52.3 Å². The molecule has 8 rings (SSSR count). The number of hydrogen-bond donors (Lipinski definition) is 0. The number of benzene rings is 8. The number of hydrogen-bond acceptors (Lipinski definition) is 13. The van der Waals surface area contributed by atoms with Crippen molar-refractivity contribution in [1.29, 1.82) is 0 Å². The monoisotopic (exact) mass is 1050 g/mol. The molecule has 0 N–H and O–H groups in total. The van der Waals surface area contributed by atoms with Crippen molar-refractivity contribution < 1.29 is 57.1 Å². The zero-order valence-electron chi connectivity index (χ0n) is 44.5. The molecule has 12 nitrogen and oxygen atoms in total. The smallest absolute Gasteiger partial charge is 0.347 e. The summed E-state index contributed by atoms with van der Waals surface area (Å²) in [5.41, 5.74) is 6.59. The van der Waals surface area contributed by atoms with Gasteiger partial charge < -0.3 is 37.9 Å². The minimum Gasteiger partial charge on any atom is -0.496 e. The van der Waals surface area contributed by atoms with Crippen LogP contribution in [0.1, 0.15) is 109 Å². The Hall–Kier alpha value is -8.81. The van der Waals surface area contributed by atoms with Crippen molar-refractivity contribution in [3.8, 4) is 34.5 Å². The quantitative estimate of drug-likeness (QED) is 0.0595. The fraction of sp³-hybridized carbons (Fsp3) is 0.188. The highest BCUT2D eigenvalue weighted by molar-refractivity contribution is 7.99. The van der Waals surface area contributed by atoms with Gasteiger partial charge in [0.2, 0.25) is 0 Å². The molecular formula is C64H58O12S. The van der Waals surface area contributed by atoms with Gasteiger partial charge in [0.05, 0.1) is 28.4 Å². The van der Waals surface area contributed by atoms with Crippen LogP contribution in [0.3, 0.4) is 0 Å². The second-order valence-corrected chi connectivity index (χ2v) is 19.2. The van der Waals surface area contributed by atoms with Crippen LogP contribution < -0.4 is 28.4 Å². The first kappa shape index (κ1) is 54.5. The molecule has 0 fully saturated rings. The fourth-order valence-electron chi connectivity index (χ4n) is 9.26. The van der Waals surface area contributed by atoms with E-state index in [1.54, 1.807) is 71.9 Å². The van der Waals surface area contributed by atoms with E-state index in [2.05, 4.69) is 0 Å². The molecule has 0 amide bonds. The second kappa shape index (κ2) is 24.2. The zero-order valence-corrected chi connectivity index (χ0v) is 45.3. The van der Waals surface area contributed by atoms with E-state index in [1.807, 2.05) is 127 Å². The van der Waals surface area contributed by atoms with Crippen LogP contribution in [0.15, 0.2) is 168 Å². The number of carbonyl (C=O) groups excluding carboxylic acids is 4. The Morgan fingerprint density at radius 2 is 0.688 bits per heavy atom. The number of carbonyl (C=O) groups is 4. The lowest BCUT2D eigenvalue weighted by Crippen LogP contribution is -2.19. The third-order valence-corrected chi connectivity index (χ3v) is 14.4. The lowest BCUT2D eigenvalue weighted by molar-refractivity contribution is 0.0364. The summed E-state index contributed by atoms with van der Waals surface area (Å²) in [6.45, 7) is 10.4. The second-order valence-electron chi connectivity index (χ2n) is 18.0. The van der Waals surface area contributed by atoms with Crippen LogP contribution in [0, 0.1) is 41.5 Å². The summed E-state index contributed by atoms with van der Waals surface area (Å²) in [6.07, 6.45) is -1.38. The lowest BCUT2D eigenvalue weighted by atomic mass is 9.95. The summed E-state index contributed by atoms with van der Waals surface area (Å²) in [7, 11) is 5.81. The van der Waals surface area contributed by atoms with Crippen LogP contribution in [-0.2, 0) is 9.47 Å². The SMILES string of the molecule is COc1ccc(Sc2ccc(OC)c(C(=O)OC(c3ccccc3)c3ccccc3)c2)cc1C(=O)Oc1c(C)c(C)c(C(=O)Oc2c(C)c(C)c(C(=O)OC(c3ccccc3)c3ccccc3)c(OC)c2C)c(OC)c1C. The van der Waals surface area contributed by atoms with Gasteiger partial charge in [0, 0.05) is 20.9 Å². The minimum atomic E-state index is -0.742. The largest absolute Gasteiger partial charge is 0.496 e. The van der Waals surface area contributed by atoms with Crippen LogP contribution in [0.5, 0.6) is 34.5 Å². The Balaban J connectivity index is 1.04. The van der Waals surface area contributed by atoms with E-state index in [-0.39, 0.29) is 51.0 Å². The average Bonchev–Trinajstić information content (AvgIpc) is 3.49. The van der Waals surface area contributed by atoms with Crippen LogP contribution in [0.2, 0.25) is 0 Å². The highest BCUT2D eigenvalue weighted by Gasteiger charge is 2.32. The normalized spacial score (nSPS) is 11.0. The van der Waals surface area contributed by atoms with Gasteiger partial charge >= 0.3 is 23.9 Å². The summed E-state index contributed by atoms with van der Waals surface area (Å²) in [5.74, 6) is -1.36. The average molecular weight is 1050 g/mol. The van der Waals surface area contributed by atoms with Crippen LogP contribution in [0.4, 0.5) is 0 Å². The van der Waals surface area contributed by atoms with Gasteiger partial charge in [-0.05, 0) is 122 Å². The highest BCUT2D eigenvalue weighted by atomic mass is 32.2. The molecule has 392 valence electrons. The maximum absolute atomic E-state index is 14.5. The van der Waals surface area contributed by atoms with Gasteiger partial charge in [-0.3, -0.25) is 0 Å². The van der Waals surface area contributed by atoms with E-state index < -0.39 is 36.1 Å². The van der Waals surface area contributed by atoms with E-state index in [0.717, 1.165) is 22.3 Å². The molecule has 0 aliphatic heterocycles. The van der Waals surface area contributed by atoms with E-state index >= 15 is 0 Å². The van der Waals surface area contributed by atoms with Gasteiger partial charge in [0.1, 0.15) is 56.8 Å². The maximum Gasteiger partial charge on any atom is 0.347 e. The van der Waals surface area contributed by atoms with Crippen molar-refractivity contribution in [2.75, 3.05) is 28.4 Å². The van der Waals surface area contributed by atoms with Gasteiger partial charge in [-0.25, -0.2) is 19.2 Å². The Bertz CT molecular complexity index is 3390. The summed E-state index contributed by atoms with van der Waals surface area (Å²) in [4.78, 5) is 58.4. The number of rotatable bonds is 18.